The molecule has 1 aliphatic rings. The first-order valence-electron chi connectivity index (χ1n) is 7.75. The molecular weight excluding hydrogens is 296 g/mol. The number of likely N-dealkylation sites (tertiary alicyclic amines) is 1. The van der Waals surface area contributed by atoms with Crippen molar-refractivity contribution >= 4 is 5.91 Å². The van der Waals surface area contributed by atoms with Crippen LogP contribution in [0, 0.1) is 13.8 Å². The molecule has 0 aromatic carbocycles. The van der Waals surface area contributed by atoms with Crippen LogP contribution in [0.5, 0.6) is 5.88 Å². The first kappa shape index (κ1) is 15.5. The number of ether oxygens (including phenoxy) is 1. The van der Waals surface area contributed by atoms with E-state index in [1.807, 2.05) is 18.7 Å². The second-order valence-corrected chi connectivity index (χ2v) is 5.75. The van der Waals surface area contributed by atoms with Gasteiger partial charge in [0.15, 0.2) is 0 Å². The molecule has 0 spiro atoms. The van der Waals surface area contributed by atoms with Gasteiger partial charge in [-0.05, 0) is 26.7 Å². The Morgan fingerprint density at radius 1 is 1.48 bits per heavy atom. The topological polar surface area (TPSA) is 81.4 Å². The van der Waals surface area contributed by atoms with E-state index in [1.54, 1.807) is 12.3 Å². The zero-order chi connectivity index (χ0) is 16.2. The molecule has 122 valence electrons. The average molecular weight is 316 g/mol. The van der Waals surface area contributed by atoms with Crippen molar-refractivity contribution in [3.8, 4) is 5.88 Å². The van der Waals surface area contributed by atoms with Crippen LogP contribution in [0.3, 0.4) is 0 Å². The third-order valence-corrected chi connectivity index (χ3v) is 4.08. The Bertz CT molecular complexity index is 652. The number of rotatable bonds is 4. The molecule has 1 aliphatic heterocycles. The highest BCUT2D eigenvalue weighted by atomic mass is 16.5. The molecule has 23 heavy (non-hydrogen) atoms. The number of hydrogen-bond donors (Lipinski definition) is 0. The van der Waals surface area contributed by atoms with Crippen LogP contribution in [-0.4, -0.2) is 45.1 Å². The molecule has 1 saturated heterocycles. The summed E-state index contributed by atoms with van der Waals surface area (Å²) in [6.07, 6.45) is 5.22. The van der Waals surface area contributed by atoms with Crippen LogP contribution in [0.1, 0.15) is 29.9 Å². The smallest absolute Gasteiger partial charge is 0.227 e. The minimum Gasteiger partial charge on any atom is -0.472 e. The SMILES string of the molecule is Cc1noc(C)c1CC(=O)N1CCC[C@H](Oc2ccncn2)C1. The summed E-state index contributed by atoms with van der Waals surface area (Å²) in [4.78, 5) is 22.3. The molecule has 7 heteroatoms. The first-order chi connectivity index (χ1) is 11.1. The highest BCUT2D eigenvalue weighted by Crippen LogP contribution is 2.19. The Morgan fingerprint density at radius 2 is 2.35 bits per heavy atom. The van der Waals surface area contributed by atoms with Crippen LogP contribution in [0.15, 0.2) is 23.1 Å². The summed E-state index contributed by atoms with van der Waals surface area (Å²) in [6.45, 7) is 5.02. The quantitative estimate of drug-likeness (QED) is 0.854. The van der Waals surface area contributed by atoms with E-state index in [4.69, 9.17) is 9.26 Å². The maximum absolute atomic E-state index is 12.5. The minimum atomic E-state index is -0.0349. The molecule has 3 rings (SSSR count). The van der Waals surface area contributed by atoms with Crippen LogP contribution < -0.4 is 4.74 Å². The molecule has 2 aromatic rings. The fourth-order valence-corrected chi connectivity index (χ4v) is 2.80. The van der Waals surface area contributed by atoms with Crippen molar-refractivity contribution in [2.45, 2.75) is 39.2 Å². The predicted molar refractivity (Wildman–Crippen MR) is 81.9 cm³/mol. The monoisotopic (exact) mass is 316 g/mol. The predicted octanol–water partition coefficient (Wildman–Crippen LogP) is 1.69. The summed E-state index contributed by atoms with van der Waals surface area (Å²) in [5.74, 6) is 1.34. The lowest BCUT2D eigenvalue weighted by Gasteiger charge is -2.32. The van der Waals surface area contributed by atoms with Crippen molar-refractivity contribution in [3.63, 3.8) is 0 Å². The van der Waals surface area contributed by atoms with E-state index in [0.29, 0.717) is 24.6 Å². The molecule has 0 bridgehead atoms. The van der Waals surface area contributed by atoms with Crippen LogP contribution in [0.2, 0.25) is 0 Å². The molecule has 2 aromatic heterocycles. The number of aromatic nitrogens is 3. The van der Waals surface area contributed by atoms with Crippen LogP contribution in [0.25, 0.3) is 0 Å². The van der Waals surface area contributed by atoms with E-state index in [1.165, 1.54) is 6.33 Å². The normalized spacial score (nSPS) is 18.0. The third-order valence-electron chi connectivity index (χ3n) is 4.08. The molecule has 0 aliphatic carbocycles. The highest BCUT2D eigenvalue weighted by molar-refractivity contribution is 5.79. The summed E-state index contributed by atoms with van der Waals surface area (Å²) < 4.78 is 11.0. The van der Waals surface area contributed by atoms with Crippen molar-refractivity contribution in [2.75, 3.05) is 13.1 Å². The zero-order valence-corrected chi connectivity index (χ0v) is 13.4. The van der Waals surface area contributed by atoms with E-state index in [-0.39, 0.29) is 12.0 Å². The summed E-state index contributed by atoms with van der Waals surface area (Å²) in [5, 5.41) is 3.90. The summed E-state index contributed by atoms with van der Waals surface area (Å²) in [6, 6.07) is 1.73. The first-order valence-corrected chi connectivity index (χ1v) is 7.75. The van der Waals surface area contributed by atoms with Gasteiger partial charge >= 0.3 is 0 Å². The average Bonchev–Trinajstić information content (AvgIpc) is 2.88. The van der Waals surface area contributed by atoms with Crippen LogP contribution in [-0.2, 0) is 11.2 Å². The van der Waals surface area contributed by atoms with E-state index >= 15 is 0 Å². The Balaban J connectivity index is 1.61. The molecule has 0 unspecified atom stereocenters. The van der Waals surface area contributed by atoms with Gasteiger partial charge in [-0.2, -0.15) is 0 Å². The zero-order valence-electron chi connectivity index (χ0n) is 13.4. The highest BCUT2D eigenvalue weighted by Gasteiger charge is 2.26. The van der Waals surface area contributed by atoms with Crippen molar-refractivity contribution in [2.24, 2.45) is 0 Å². The number of amides is 1. The molecule has 1 atom stereocenters. The number of aryl methyl sites for hydroxylation is 2. The molecule has 3 heterocycles. The van der Waals surface area contributed by atoms with Gasteiger partial charge in [-0.3, -0.25) is 4.79 Å². The molecule has 0 saturated carbocycles. The molecule has 1 fully saturated rings. The fourth-order valence-electron chi connectivity index (χ4n) is 2.80. The maximum Gasteiger partial charge on any atom is 0.227 e. The fraction of sp³-hybridized carbons (Fsp3) is 0.500. The van der Waals surface area contributed by atoms with Gasteiger partial charge in [0.05, 0.1) is 18.7 Å². The summed E-state index contributed by atoms with van der Waals surface area (Å²) >= 11 is 0. The lowest BCUT2D eigenvalue weighted by Crippen LogP contribution is -2.45. The van der Waals surface area contributed by atoms with Gasteiger partial charge in [0.2, 0.25) is 11.8 Å². The van der Waals surface area contributed by atoms with E-state index in [9.17, 15) is 4.79 Å². The van der Waals surface area contributed by atoms with Crippen molar-refractivity contribution in [1.82, 2.24) is 20.0 Å². The minimum absolute atomic E-state index is 0.0349. The number of carbonyl (C=O) groups is 1. The van der Waals surface area contributed by atoms with Gasteiger partial charge in [-0.15, -0.1) is 0 Å². The Morgan fingerprint density at radius 3 is 3.04 bits per heavy atom. The largest absolute Gasteiger partial charge is 0.472 e. The van der Waals surface area contributed by atoms with Gasteiger partial charge in [0.25, 0.3) is 0 Å². The van der Waals surface area contributed by atoms with Crippen molar-refractivity contribution in [3.05, 3.63) is 35.6 Å². The van der Waals surface area contributed by atoms with Gasteiger partial charge < -0.3 is 14.2 Å². The van der Waals surface area contributed by atoms with Crippen molar-refractivity contribution in [1.29, 1.82) is 0 Å². The second kappa shape index (κ2) is 6.76. The van der Waals surface area contributed by atoms with Gasteiger partial charge in [-0.1, -0.05) is 5.16 Å². The van der Waals surface area contributed by atoms with Crippen LogP contribution in [0.4, 0.5) is 0 Å². The number of carbonyl (C=O) groups excluding carboxylic acids is 1. The van der Waals surface area contributed by atoms with E-state index < -0.39 is 0 Å². The van der Waals surface area contributed by atoms with Gasteiger partial charge in [0.1, 0.15) is 18.2 Å². The van der Waals surface area contributed by atoms with Crippen molar-refractivity contribution < 1.29 is 14.1 Å². The van der Waals surface area contributed by atoms with Gasteiger partial charge in [-0.25, -0.2) is 9.97 Å². The Labute approximate surface area is 134 Å². The molecule has 0 radical (unpaired) electrons. The Kier molecular flexibility index (Phi) is 4.55. The standard InChI is InChI=1S/C16H20N4O3/c1-11-14(12(2)23-19-11)8-16(21)20-7-3-4-13(9-20)22-15-5-6-17-10-18-15/h5-6,10,13H,3-4,7-9H2,1-2H3/t13-/m0/s1. The lowest BCUT2D eigenvalue weighted by molar-refractivity contribution is -0.133. The van der Waals surface area contributed by atoms with E-state index in [2.05, 4.69) is 15.1 Å². The summed E-state index contributed by atoms with van der Waals surface area (Å²) in [5.41, 5.74) is 1.66. The molecule has 0 N–H and O–H groups in total. The van der Waals surface area contributed by atoms with Crippen LogP contribution >= 0.6 is 0 Å². The third kappa shape index (κ3) is 3.67. The maximum atomic E-state index is 12.5. The second-order valence-electron chi connectivity index (χ2n) is 5.75. The molecule has 1 amide bonds. The van der Waals surface area contributed by atoms with E-state index in [0.717, 1.165) is 30.6 Å². The number of hydrogen-bond acceptors (Lipinski definition) is 6. The lowest BCUT2D eigenvalue weighted by atomic mass is 10.1. The number of nitrogens with zero attached hydrogens (tertiary/aromatic N) is 4. The Hall–Kier alpha value is -2.44. The molecule has 7 nitrogen and oxygen atoms in total. The summed E-state index contributed by atoms with van der Waals surface area (Å²) in [7, 11) is 0. The van der Waals surface area contributed by atoms with Gasteiger partial charge in [0, 0.05) is 24.4 Å². The number of piperidine rings is 1. The molecular formula is C16H20N4O3.